The Labute approximate surface area is 187 Å². The molecule has 0 radical (unpaired) electrons. The van der Waals surface area contributed by atoms with Crippen LogP contribution in [-0.4, -0.2) is 24.5 Å². The lowest BCUT2D eigenvalue weighted by molar-refractivity contribution is -0.121. The molecule has 3 aromatic carbocycles. The number of benzene rings is 3. The highest BCUT2D eigenvalue weighted by Gasteiger charge is 2.18. The van der Waals surface area contributed by atoms with Crippen molar-refractivity contribution in [3.63, 3.8) is 0 Å². The van der Waals surface area contributed by atoms with E-state index in [0.717, 1.165) is 22.0 Å². The molecule has 5 heteroatoms. The summed E-state index contributed by atoms with van der Waals surface area (Å²) in [5.74, 6) is 0.640. The molecule has 0 saturated carbocycles. The lowest BCUT2D eigenvalue weighted by Crippen LogP contribution is -2.28. The van der Waals surface area contributed by atoms with E-state index in [4.69, 9.17) is 4.74 Å². The highest BCUT2D eigenvalue weighted by molar-refractivity contribution is 5.80. The van der Waals surface area contributed by atoms with Gasteiger partial charge in [0.1, 0.15) is 5.75 Å². The number of H-pyrrole nitrogens is 1. The van der Waals surface area contributed by atoms with Crippen LogP contribution in [0.25, 0.3) is 10.9 Å². The number of ether oxygens (including phenoxy) is 1. The predicted octanol–water partition coefficient (Wildman–Crippen LogP) is 4.42. The number of amides is 1. The van der Waals surface area contributed by atoms with E-state index >= 15 is 0 Å². The highest BCUT2D eigenvalue weighted by atomic mass is 16.5. The van der Waals surface area contributed by atoms with Crippen molar-refractivity contribution in [2.75, 3.05) is 13.7 Å². The molecule has 162 valence electrons. The Morgan fingerprint density at radius 2 is 1.59 bits per heavy atom. The molecule has 1 heterocycles. The number of fused-ring (bicyclic) bond motifs is 1. The number of nitrogens with one attached hydrogen (secondary N) is 2. The van der Waals surface area contributed by atoms with Crippen LogP contribution in [-0.2, 0) is 11.2 Å². The molecule has 4 aromatic rings. The molecule has 0 atom stereocenters. The smallest absolute Gasteiger partial charge is 0.251 e. The average Bonchev–Trinajstić information content (AvgIpc) is 2.83. The molecule has 0 spiro atoms. The fraction of sp³-hybridized carbons (Fsp3) is 0.185. The molecule has 5 nitrogen and oxygen atoms in total. The normalized spacial score (nSPS) is 10.9. The first-order valence-corrected chi connectivity index (χ1v) is 10.7. The summed E-state index contributed by atoms with van der Waals surface area (Å²) in [7, 11) is 1.59. The Hall–Kier alpha value is -3.86. The second kappa shape index (κ2) is 9.96. The van der Waals surface area contributed by atoms with E-state index in [2.05, 4.69) is 34.6 Å². The van der Waals surface area contributed by atoms with Crippen molar-refractivity contribution in [1.82, 2.24) is 10.3 Å². The summed E-state index contributed by atoms with van der Waals surface area (Å²) in [6.07, 6.45) is 0.812. The zero-order valence-corrected chi connectivity index (χ0v) is 18.0. The van der Waals surface area contributed by atoms with Gasteiger partial charge in [-0.05, 0) is 41.1 Å². The van der Waals surface area contributed by atoms with Crippen LogP contribution in [0.4, 0.5) is 0 Å². The van der Waals surface area contributed by atoms with Gasteiger partial charge in [-0.15, -0.1) is 0 Å². The second-order valence-electron chi connectivity index (χ2n) is 7.75. The minimum Gasteiger partial charge on any atom is -0.497 e. The van der Waals surface area contributed by atoms with Crippen molar-refractivity contribution < 1.29 is 9.53 Å². The van der Waals surface area contributed by atoms with Crippen LogP contribution >= 0.6 is 0 Å². The van der Waals surface area contributed by atoms with Gasteiger partial charge in [-0.3, -0.25) is 9.59 Å². The lowest BCUT2D eigenvalue weighted by Gasteiger charge is -2.18. The first kappa shape index (κ1) is 21.4. The van der Waals surface area contributed by atoms with Crippen molar-refractivity contribution in [2.24, 2.45) is 0 Å². The number of carbonyl (C=O) groups is 1. The Kier molecular flexibility index (Phi) is 6.66. The maximum absolute atomic E-state index is 12.7. The summed E-state index contributed by atoms with van der Waals surface area (Å²) in [5, 5.41) is 3.91. The molecule has 1 aromatic heterocycles. The first-order valence-electron chi connectivity index (χ1n) is 10.7. The summed E-state index contributed by atoms with van der Waals surface area (Å²) in [6, 6.07) is 27.6. The summed E-state index contributed by atoms with van der Waals surface area (Å²) in [6.45, 7) is 0.403. The molecule has 0 unspecified atom stereocenters. The first-order chi connectivity index (χ1) is 15.6. The van der Waals surface area contributed by atoms with E-state index in [1.807, 2.05) is 54.6 Å². The van der Waals surface area contributed by atoms with E-state index in [0.29, 0.717) is 30.7 Å². The van der Waals surface area contributed by atoms with Crippen molar-refractivity contribution in [2.45, 2.75) is 18.8 Å². The van der Waals surface area contributed by atoms with Gasteiger partial charge < -0.3 is 15.0 Å². The van der Waals surface area contributed by atoms with Crippen LogP contribution in [0, 0.1) is 0 Å². The maximum atomic E-state index is 12.7. The van der Waals surface area contributed by atoms with Gasteiger partial charge in [-0.1, -0.05) is 60.7 Å². The van der Waals surface area contributed by atoms with E-state index in [-0.39, 0.29) is 17.4 Å². The Morgan fingerprint density at radius 1 is 0.938 bits per heavy atom. The third-order valence-corrected chi connectivity index (χ3v) is 5.64. The number of hydrogen-bond acceptors (Lipinski definition) is 3. The number of methoxy groups -OCH3 is 1. The summed E-state index contributed by atoms with van der Waals surface area (Å²) < 4.78 is 5.21. The second-order valence-corrected chi connectivity index (χ2v) is 7.75. The molecule has 32 heavy (non-hydrogen) atoms. The highest BCUT2D eigenvalue weighted by Crippen LogP contribution is 2.27. The largest absolute Gasteiger partial charge is 0.497 e. The van der Waals surface area contributed by atoms with Crippen LogP contribution in [0.5, 0.6) is 5.75 Å². The third-order valence-electron chi connectivity index (χ3n) is 5.64. The number of rotatable bonds is 8. The van der Waals surface area contributed by atoms with Crippen molar-refractivity contribution in [1.29, 1.82) is 0 Å². The van der Waals surface area contributed by atoms with Gasteiger partial charge in [0.15, 0.2) is 0 Å². The van der Waals surface area contributed by atoms with Gasteiger partial charge in [0.25, 0.3) is 5.56 Å². The van der Waals surface area contributed by atoms with Crippen molar-refractivity contribution in [3.8, 4) is 5.75 Å². The van der Waals surface area contributed by atoms with Gasteiger partial charge in [0, 0.05) is 30.5 Å². The van der Waals surface area contributed by atoms with Crippen LogP contribution in [0.3, 0.4) is 0 Å². The number of carbonyl (C=O) groups excluding carboxylic acids is 1. The number of hydrogen-bond donors (Lipinski definition) is 2. The van der Waals surface area contributed by atoms with Crippen molar-refractivity contribution >= 4 is 16.8 Å². The van der Waals surface area contributed by atoms with Crippen LogP contribution in [0.2, 0.25) is 0 Å². The van der Waals surface area contributed by atoms with E-state index < -0.39 is 0 Å². The van der Waals surface area contributed by atoms with Gasteiger partial charge in [0.05, 0.1) is 12.6 Å². The molecule has 0 aliphatic heterocycles. The average molecular weight is 427 g/mol. The minimum absolute atomic E-state index is 0.0172. The molecule has 0 bridgehead atoms. The molecule has 1 amide bonds. The van der Waals surface area contributed by atoms with E-state index in [9.17, 15) is 9.59 Å². The molecule has 0 aliphatic rings. The van der Waals surface area contributed by atoms with Gasteiger partial charge in [-0.2, -0.15) is 0 Å². The Morgan fingerprint density at radius 3 is 2.22 bits per heavy atom. The zero-order valence-electron chi connectivity index (χ0n) is 18.0. The third kappa shape index (κ3) is 5.06. The van der Waals surface area contributed by atoms with Gasteiger partial charge in [0.2, 0.25) is 5.91 Å². The predicted molar refractivity (Wildman–Crippen MR) is 127 cm³/mol. The Balaban J connectivity index is 1.42. The monoisotopic (exact) mass is 426 g/mol. The van der Waals surface area contributed by atoms with Crippen LogP contribution in [0.1, 0.15) is 29.0 Å². The van der Waals surface area contributed by atoms with E-state index in [1.165, 1.54) is 0 Å². The van der Waals surface area contributed by atoms with Gasteiger partial charge in [-0.25, -0.2) is 0 Å². The van der Waals surface area contributed by atoms with Gasteiger partial charge >= 0.3 is 0 Å². The number of aromatic nitrogens is 1. The zero-order chi connectivity index (χ0) is 22.3. The summed E-state index contributed by atoms with van der Waals surface area (Å²) in [5.41, 5.74) is 3.44. The molecule has 2 N–H and O–H groups in total. The molecule has 4 rings (SSSR count). The number of aromatic amines is 1. The molecule has 0 fully saturated rings. The summed E-state index contributed by atoms with van der Waals surface area (Å²) in [4.78, 5) is 28.1. The van der Waals surface area contributed by atoms with Crippen LogP contribution < -0.4 is 15.6 Å². The van der Waals surface area contributed by atoms with Crippen molar-refractivity contribution in [3.05, 3.63) is 112 Å². The minimum atomic E-state index is -0.147. The fourth-order valence-corrected chi connectivity index (χ4v) is 3.93. The van der Waals surface area contributed by atoms with E-state index in [1.54, 1.807) is 13.2 Å². The molecule has 0 saturated heterocycles. The standard InChI is InChI=1S/C27H26N2O3/c1-32-23-13-12-21-16-22(27(31)29-25(21)17-23)14-15-28-26(30)18-24(19-8-4-2-5-9-19)20-10-6-3-7-11-20/h2-13,16-17,24H,14-15,18H2,1H3,(H,28,30)(H,29,31). The SMILES string of the molecule is COc1ccc2cc(CCNC(=O)CC(c3ccccc3)c3ccccc3)c(=O)[nH]c2c1. The number of pyridine rings is 1. The quantitative estimate of drug-likeness (QED) is 0.438. The lowest BCUT2D eigenvalue weighted by atomic mass is 9.88. The topological polar surface area (TPSA) is 71.2 Å². The summed E-state index contributed by atoms with van der Waals surface area (Å²) >= 11 is 0. The maximum Gasteiger partial charge on any atom is 0.251 e. The molecule has 0 aliphatic carbocycles. The molecular formula is C27H26N2O3. The fourth-order valence-electron chi connectivity index (χ4n) is 3.93. The Bertz CT molecular complexity index is 1210. The van der Waals surface area contributed by atoms with Crippen LogP contribution in [0.15, 0.2) is 89.7 Å². The molecular weight excluding hydrogens is 400 g/mol.